The van der Waals surface area contributed by atoms with E-state index in [0.29, 0.717) is 11.4 Å². The molecule has 0 atom stereocenters. The van der Waals surface area contributed by atoms with Crippen molar-refractivity contribution in [2.75, 3.05) is 0 Å². The number of aliphatic imine (C=N–C) groups is 2. The van der Waals surface area contributed by atoms with Crippen LogP contribution in [0.3, 0.4) is 0 Å². The summed E-state index contributed by atoms with van der Waals surface area (Å²) in [5.41, 5.74) is 18.7. The molecular formula is C69H48N4. The van der Waals surface area contributed by atoms with Gasteiger partial charge in [-0.2, -0.15) is 0 Å². The van der Waals surface area contributed by atoms with Crippen molar-refractivity contribution in [3.05, 3.63) is 296 Å². The second-order valence-electron chi connectivity index (χ2n) is 18.2. The summed E-state index contributed by atoms with van der Waals surface area (Å²) in [5, 5.41) is 12.3. The summed E-state index contributed by atoms with van der Waals surface area (Å²) in [6, 6.07) is 97.9. The maximum absolute atomic E-state index is 9.95. The molecule has 0 radical (unpaired) electrons. The van der Waals surface area contributed by atoms with Gasteiger partial charge in [-0.3, -0.25) is 5.41 Å². The van der Waals surface area contributed by atoms with Crippen molar-refractivity contribution in [3.8, 4) is 72.4 Å². The molecule has 0 saturated heterocycles. The van der Waals surface area contributed by atoms with E-state index in [4.69, 9.17) is 9.98 Å². The largest absolute Gasteiger partial charge is 0.308 e. The van der Waals surface area contributed by atoms with Crippen LogP contribution in [-0.2, 0) is 0 Å². The van der Waals surface area contributed by atoms with E-state index in [1.165, 1.54) is 0 Å². The first kappa shape index (κ1) is 44.4. The van der Waals surface area contributed by atoms with Crippen molar-refractivity contribution in [2.24, 2.45) is 9.98 Å². The van der Waals surface area contributed by atoms with Gasteiger partial charge in [0.2, 0.25) is 0 Å². The Kier molecular flexibility index (Phi) is 12.1. The Morgan fingerprint density at radius 2 is 0.671 bits per heavy atom. The molecule has 11 aromatic carbocycles. The SMILES string of the molecule is N=C(N=C(N=Cc1ccccc1)c1ccccc1)c1cc(-c2ccc(-c3ccccc3)cc2)c(-n2c3ccc(-c4ccccc4)cc3c3cc(-c4ccccc4)ccc32)c(-c2ccc(-c3ccccc3)cc2)c1. The topological polar surface area (TPSA) is 53.5 Å². The summed E-state index contributed by atoms with van der Waals surface area (Å²) in [6.45, 7) is 0. The summed E-state index contributed by atoms with van der Waals surface area (Å²) in [7, 11) is 0. The van der Waals surface area contributed by atoms with E-state index < -0.39 is 0 Å². The van der Waals surface area contributed by atoms with Crippen molar-refractivity contribution in [1.29, 1.82) is 5.41 Å². The highest BCUT2D eigenvalue weighted by Crippen LogP contribution is 2.44. The quantitative estimate of drug-likeness (QED) is 0.105. The Hall–Kier alpha value is -9.77. The van der Waals surface area contributed by atoms with Gasteiger partial charge in [0.1, 0.15) is 0 Å². The molecule has 1 aromatic heterocycles. The van der Waals surface area contributed by atoms with Gasteiger partial charge in [-0.25, -0.2) is 9.98 Å². The Labute approximate surface area is 425 Å². The third kappa shape index (κ3) is 9.13. The minimum Gasteiger partial charge on any atom is -0.308 e. The maximum atomic E-state index is 9.95. The van der Waals surface area contributed by atoms with Gasteiger partial charge in [-0.1, -0.05) is 243 Å². The summed E-state index contributed by atoms with van der Waals surface area (Å²) in [4.78, 5) is 10.0. The molecule has 1 N–H and O–H groups in total. The predicted molar refractivity (Wildman–Crippen MR) is 307 cm³/mol. The first-order valence-electron chi connectivity index (χ1n) is 24.6. The molecule has 0 aliphatic heterocycles. The van der Waals surface area contributed by atoms with E-state index in [2.05, 4.69) is 223 Å². The molecular weight excluding hydrogens is 885 g/mol. The van der Waals surface area contributed by atoms with Crippen LogP contribution in [0.4, 0.5) is 0 Å². The molecule has 344 valence electrons. The molecule has 0 spiro atoms. The van der Waals surface area contributed by atoms with E-state index in [1.54, 1.807) is 0 Å². The zero-order valence-corrected chi connectivity index (χ0v) is 40.0. The monoisotopic (exact) mass is 932 g/mol. The number of aromatic nitrogens is 1. The zero-order valence-electron chi connectivity index (χ0n) is 40.0. The zero-order chi connectivity index (χ0) is 48.9. The van der Waals surface area contributed by atoms with Gasteiger partial charge in [0, 0.05) is 39.2 Å². The van der Waals surface area contributed by atoms with Gasteiger partial charge in [0.05, 0.1) is 16.7 Å². The number of fused-ring (bicyclic) bond motifs is 3. The fourth-order valence-corrected chi connectivity index (χ4v) is 9.88. The number of amidine groups is 2. The second kappa shape index (κ2) is 19.9. The number of nitrogens with zero attached hydrogens (tertiary/aromatic N) is 3. The molecule has 4 heteroatoms. The van der Waals surface area contributed by atoms with E-state index in [9.17, 15) is 5.41 Å². The fraction of sp³-hybridized carbons (Fsp3) is 0. The molecule has 1 heterocycles. The van der Waals surface area contributed by atoms with E-state index in [0.717, 1.165) is 105 Å². The van der Waals surface area contributed by atoms with Gasteiger partial charge >= 0.3 is 0 Å². The average Bonchev–Trinajstić information content (AvgIpc) is 3.80. The number of hydrogen-bond donors (Lipinski definition) is 1. The van der Waals surface area contributed by atoms with Crippen LogP contribution in [0, 0.1) is 5.41 Å². The highest BCUT2D eigenvalue weighted by molar-refractivity contribution is 6.16. The number of benzene rings is 11. The van der Waals surface area contributed by atoms with Crippen LogP contribution < -0.4 is 0 Å². The molecule has 73 heavy (non-hydrogen) atoms. The number of hydrogen-bond acceptors (Lipinski definition) is 1. The van der Waals surface area contributed by atoms with Gasteiger partial charge in [0.25, 0.3) is 0 Å². The average molecular weight is 933 g/mol. The van der Waals surface area contributed by atoms with E-state index in [-0.39, 0.29) is 5.84 Å². The molecule has 0 aliphatic carbocycles. The molecule has 0 saturated carbocycles. The van der Waals surface area contributed by atoms with Crippen LogP contribution in [0.5, 0.6) is 0 Å². The first-order chi connectivity index (χ1) is 36.1. The van der Waals surface area contributed by atoms with Gasteiger partial charge in [-0.15, -0.1) is 0 Å². The van der Waals surface area contributed by atoms with Crippen LogP contribution in [0.1, 0.15) is 16.7 Å². The fourth-order valence-electron chi connectivity index (χ4n) is 9.88. The van der Waals surface area contributed by atoms with Crippen LogP contribution in [-0.4, -0.2) is 22.5 Å². The molecule has 12 aromatic rings. The molecule has 12 rings (SSSR count). The third-order valence-electron chi connectivity index (χ3n) is 13.6. The molecule has 0 amide bonds. The molecule has 0 bridgehead atoms. The molecule has 4 nitrogen and oxygen atoms in total. The second-order valence-corrected chi connectivity index (χ2v) is 18.2. The maximum Gasteiger partial charge on any atom is 0.161 e. The van der Waals surface area contributed by atoms with E-state index in [1.807, 2.05) is 66.9 Å². The molecule has 0 fully saturated rings. The number of nitrogens with one attached hydrogen (secondary N) is 1. The highest BCUT2D eigenvalue weighted by Gasteiger charge is 2.24. The summed E-state index contributed by atoms with van der Waals surface area (Å²) in [6.07, 6.45) is 1.82. The van der Waals surface area contributed by atoms with Gasteiger partial charge < -0.3 is 4.57 Å². The van der Waals surface area contributed by atoms with Crippen LogP contribution in [0.15, 0.2) is 289 Å². The first-order valence-corrected chi connectivity index (χ1v) is 24.6. The lowest BCUT2D eigenvalue weighted by atomic mass is 9.91. The van der Waals surface area contributed by atoms with Crippen LogP contribution in [0.2, 0.25) is 0 Å². The van der Waals surface area contributed by atoms with Crippen molar-refractivity contribution in [3.63, 3.8) is 0 Å². The standard InChI is InChI=1S/C69H48N4/c70-68(72-69(57-29-17-6-18-30-57)71-47-48-19-7-1-8-20-48)60-45-61(55-35-31-53(32-36-55)49-21-9-2-10-22-49)67(62(46-60)56-37-33-54(34-38-56)50-23-11-3-12-24-50)73-65-41-39-58(51-25-13-4-14-26-51)43-63(65)64-44-59(40-42-66(64)73)52-27-15-5-16-28-52/h1-47,70H. The third-order valence-corrected chi connectivity index (χ3v) is 13.6. The lowest BCUT2D eigenvalue weighted by Gasteiger charge is -2.21. The Bertz CT molecular complexity index is 3760. The smallest absolute Gasteiger partial charge is 0.161 e. The Balaban J connectivity index is 1.14. The molecule has 0 aliphatic rings. The summed E-state index contributed by atoms with van der Waals surface area (Å²) >= 11 is 0. The summed E-state index contributed by atoms with van der Waals surface area (Å²) in [5.74, 6) is 0.550. The highest BCUT2D eigenvalue weighted by atomic mass is 15.0. The number of rotatable bonds is 10. The predicted octanol–water partition coefficient (Wildman–Crippen LogP) is 17.7. The Morgan fingerprint density at radius 1 is 0.329 bits per heavy atom. The minimum atomic E-state index is 0.0992. The van der Waals surface area contributed by atoms with E-state index >= 15 is 0 Å². The molecule has 0 unspecified atom stereocenters. The van der Waals surface area contributed by atoms with Gasteiger partial charge in [0.15, 0.2) is 11.7 Å². The van der Waals surface area contributed by atoms with Crippen LogP contribution in [0.25, 0.3) is 94.3 Å². The van der Waals surface area contributed by atoms with Crippen molar-refractivity contribution in [2.45, 2.75) is 0 Å². The normalized spacial score (nSPS) is 11.6. The van der Waals surface area contributed by atoms with Crippen molar-refractivity contribution in [1.82, 2.24) is 4.57 Å². The van der Waals surface area contributed by atoms with Crippen molar-refractivity contribution >= 4 is 39.7 Å². The van der Waals surface area contributed by atoms with Crippen molar-refractivity contribution < 1.29 is 0 Å². The summed E-state index contributed by atoms with van der Waals surface area (Å²) < 4.78 is 2.45. The van der Waals surface area contributed by atoms with Gasteiger partial charge in [-0.05, 0) is 97.6 Å². The Morgan fingerprint density at radius 3 is 1.10 bits per heavy atom. The van der Waals surface area contributed by atoms with Crippen LogP contribution >= 0.6 is 0 Å². The lowest BCUT2D eigenvalue weighted by molar-refractivity contribution is 1.18. The minimum absolute atomic E-state index is 0.0992. The lowest BCUT2D eigenvalue weighted by Crippen LogP contribution is -2.07.